The van der Waals surface area contributed by atoms with Crippen molar-refractivity contribution in [2.75, 3.05) is 0 Å². The Hall–Kier alpha value is -1.33. The van der Waals surface area contributed by atoms with E-state index in [1.807, 2.05) is 0 Å². The number of nitrogens with one attached hydrogen (secondary N) is 1. The van der Waals surface area contributed by atoms with Crippen molar-refractivity contribution in [2.45, 2.75) is 30.9 Å². The molecule has 1 N–H and O–H groups in total. The van der Waals surface area contributed by atoms with Gasteiger partial charge in [-0.25, -0.2) is 4.98 Å². The predicted molar refractivity (Wildman–Crippen MR) is 48.9 cm³/mol. The lowest BCUT2D eigenvalue weighted by Gasteiger charge is -2.70. The summed E-state index contributed by atoms with van der Waals surface area (Å²) in [6, 6.07) is 1.31. The van der Waals surface area contributed by atoms with Crippen molar-refractivity contribution in [2.24, 2.45) is 5.41 Å². The molecule has 86 valence electrons. The summed E-state index contributed by atoms with van der Waals surface area (Å²) in [7, 11) is 0. The van der Waals surface area contributed by atoms with E-state index in [-0.39, 0.29) is 24.8 Å². The van der Waals surface area contributed by atoms with E-state index in [4.69, 9.17) is 0 Å². The number of halogens is 3. The average molecular weight is 230 g/mol. The minimum Gasteiger partial charge on any atom is -0.313 e. The zero-order chi connectivity index (χ0) is 11.6. The Kier molecular flexibility index (Phi) is 1.54. The van der Waals surface area contributed by atoms with Crippen LogP contribution in [-0.4, -0.2) is 16.1 Å². The van der Waals surface area contributed by atoms with Gasteiger partial charge in [-0.15, -0.1) is 0 Å². The van der Waals surface area contributed by atoms with Gasteiger partial charge >= 0.3 is 6.18 Å². The van der Waals surface area contributed by atoms with Crippen LogP contribution in [0.25, 0.3) is 0 Å². The molecule has 0 atom stereocenters. The largest absolute Gasteiger partial charge is 0.394 e. The highest BCUT2D eigenvalue weighted by Gasteiger charge is 2.79. The van der Waals surface area contributed by atoms with Crippen LogP contribution in [0.15, 0.2) is 17.2 Å². The molecule has 2 bridgehead atoms. The van der Waals surface area contributed by atoms with Crippen LogP contribution in [0.2, 0.25) is 0 Å². The predicted octanol–water partition coefficient (Wildman–Crippen LogP) is 1.75. The van der Waals surface area contributed by atoms with Gasteiger partial charge in [0.15, 0.2) is 0 Å². The standard InChI is InChI=1S/C10H9F3N2O/c11-10(12,13)9-2-8(3-9,4-9)6-1-7(16)15-5-14-6/h1,5H,2-4H2,(H,14,15,16). The first kappa shape index (κ1) is 9.86. The summed E-state index contributed by atoms with van der Waals surface area (Å²) < 4.78 is 37.8. The molecule has 3 fully saturated rings. The molecule has 6 heteroatoms. The quantitative estimate of drug-likeness (QED) is 0.798. The minimum absolute atomic E-state index is 0.0833. The van der Waals surface area contributed by atoms with E-state index in [0.29, 0.717) is 5.69 Å². The monoisotopic (exact) mass is 230 g/mol. The van der Waals surface area contributed by atoms with E-state index in [0.717, 1.165) is 0 Å². The molecule has 0 spiro atoms. The third kappa shape index (κ3) is 0.994. The van der Waals surface area contributed by atoms with Crippen LogP contribution in [0, 0.1) is 5.41 Å². The zero-order valence-corrected chi connectivity index (χ0v) is 8.27. The highest BCUT2D eigenvalue weighted by atomic mass is 19.4. The molecule has 0 amide bonds. The van der Waals surface area contributed by atoms with Gasteiger partial charge < -0.3 is 4.98 Å². The number of hydrogen-bond acceptors (Lipinski definition) is 2. The fourth-order valence-corrected chi connectivity index (χ4v) is 3.02. The molecule has 0 aliphatic heterocycles. The molecule has 1 heterocycles. The van der Waals surface area contributed by atoms with Crippen molar-refractivity contribution in [3.63, 3.8) is 0 Å². The van der Waals surface area contributed by atoms with Crippen LogP contribution in [0.3, 0.4) is 0 Å². The maximum atomic E-state index is 12.6. The number of H-pyrrole nitrogens is 1. The molecule has 4 rings (SSSR count). The molecule has 3 aliphatic carbocycles. The molecule has 0 saturated heterocycles. The third-order valence-electron chi connectivity index (χ3n) is 3.85. The number of alkyl halides is 3. The average Bonchev–Trinajstić information content (AvgIpc) is 1.95. The van der Waals surface area contributed by atoms with E-state index in [1.165, 1.54) is 12.4 Å². The number of aromatic nitrogens is 2. The van der Waals surface area contributed by atoms with Gasteiger partial charge in [0, 0.05) is 11.5 Å². The van der Waals surface area contributed by atoms with Gasteiger partial charge in [0.2, 0.25) is 0 Å². The third-order valence-corrected chi connectivity index (χ3v) is 3.85. The maximum Gasteiger partial charge on any atom is 0.394 e. The summed E-state index contributed by atoms with van der Waals surface area (Å²) in [5.74, 6) is 0. The molecule has 1 aromatic heterocycles. The molecule has 1 aromatic rings. The first-order valence-corrected chi connectivity index (χ1v) is 4.99. The van der Waals surface area contributed by atoms with Crippen LogP contribution in [0.1, 0.15) is 25.0 Å². The molecule has 0 aromatic carbocycles. The van der Waals surface area contributed by atoms with Crippen LogP contribution in [-0.2, 0) is 5.41 Å². The molecule has 3 saturated carbocycles. The van der Waals surface area contributed by atoms with E-state index < -0.39 is 17.0 Å². The molecule has 3 nitrogen and oxygen atoms in total. The lowest BCUT2D eigenvalue weighted by atomic mass is 9.34. The van der Waals surface area contributed by atoms with Crippen LogP contribution < -0.4 is 5.56 Å². The highest BCUT2D eigenvalue weighted by molar-refractivity contribution is 5.35. The maximum absolute atomic E-state index is 12.6. The van der Waals surface area contributed by atoms with Crippen molar-refractivity contribution >= 4 is 0 Å². The zero-order valence-electron chi connectivity index (χ0n) is 8.27. The van der Waals surface area contributed by atoms with Crippen molar-refractivity contribution in [1.29, 1.82) is 0 Å². The van der Waals surface area contributed by atoms with Gasteiger partial charge in [-0.05, 0) is 19.3 Å². The van der Waals surface area contributed by atoms with Gasteiger partial charge in [0.1, 0.15) is 0 Å². The van der Waals surface area contributed by atoms with Gasteiger partial charge in [-0.2, -0.15) is 13.2 Å². The smallest absolute Gasteiger partial charge is 0.313 e. The van der Waals surface area contributed by atoms with Gasteiger partial charge in [-0.1, -0.05) is 0 Å². The lowest BCUT2D eigenvalue weighted by Crippen LogP contribution is -2.70. The number of rotatable bonds is 1. The van der Waals surface area contributed by atoms with Crippen molar-refractivity contribution in [3.8, 4) is 0 Å². The Bertz CT molecular complexity index is 486. The number of hydrogen-bond donors (Lipinski definition) is 1. The molecular weight excluding hydrogens is 221 g/mol. The summed E-state index contributed by atoms with van der Waals surface area (Å²) in [4.78, 5) is 17.4. The van der Waals surface area contributed by atoms with Crippen molar-refractivity contribution in [1.82, 2.24) is 9.97 Å². The van der Waals surface area contributed by atoms with E-state index in [9.17, 15) is 18.0 Å². The second-order valence-corrected chi connectivity index (χ2v) is 4.89. The summed E-state index contributed by atoms with van der Waals surface area (Å²) in [6.45, 7) is 0. The van der Waals surface area contributed by atoms with Crippen LogP contribution >= 0.6 is 0 Å². The highest BCUT2D eigenvalue weighted by Crippen LogP contribution is 2.78. The number of nitrogens with zero attached hydrogens (tertiary/aromatic N) is 1. The Morgan fingerprint density at radius 2 is 1.94 bits per heavy atom. The van der Waals surface area contributed by atoms with Crippen molar-refractivity contribution < 1.29 is 13.2 Å². The number of aromatic amines is 1. The second-order valence-electron chi connectivity index (χ2n) is 4.89. The first-order valence-electron chi connectivity index (χ1n) is 4.99. The lowest BCUT2D eigenvalue weighted by molar-refractivity contribution is -0.337. The Morgan fingerprint density at radius 3 is 2.44 bits per heavy atom. The molecular formula is C10H9F3N2O. The summed E-state index contributed by atoms with van der Waals surface area (Å²) in [5, 5.41) is 0. The molecule has 0 radical (unpaired) electrons. The fourth-order valence-electron chi connectivity index (χ4n) is 3.02. The van der Waals surface area contributed by atoms with Gasteiger partial charge in [0.25, 0.3) is 5.56 Å². The molecule has 3 aliphatic rings. The SMILES string of the molecule is O=c1cc(C23CC(C(F)(F)F)(C2)C3)nc[nH]1. The van der Waals surface area contributed by atoms with E-state index in [2.05, 4.69) is 9.97 Å². The second kappa shape index (κ2) is 2.49. The van der Waals surface area contributed by atoms with Crippen LogP contribution in [0.5, 0.6) is 0 Å². The Balaban J connectivity index is 1.87. The van der Waals surface area contributed by atoms with E-state index >= 15 is 0 Å². The summed E-state index contributed by atoms with van der Waals surface area (Å²) in [6.07, 6.45) is -2.62. The Labute approximate surface area is 88.7 Å². The van der Waals surface area contributed by atoms with Crippen molar-refractivity contribution in [3.05, 3.63) is 28.4 Å². The van der Waals surface area contributed by atoms with Gasteiger partial charge in [-0.3, -0.25) is 4.79 Å². The fraction of sp³-hybridized carbons (Fsp3) is 0.600. The Morgan fingerprint density at radius 1 is 1.31 bits per heavy atom. The van der Waals surface area contributed by atoms with E-state index in [1.54, 1.807) is 0 Å². The first-order chi connectivity index (χ1) is 7.37. The molecule has 16 heavy (non-hydrogen) atoms. The normalized spacial score (nSPS) is 36.4. The topological polar surface area (TPSA) is 45.8 Å². The van der Waals surface area contributed by atoms with Crippen LogP contribution in [0.4, 0.5) is 13.2 Å². The van der Waals surface area contributed by atoms with Gasteiger partial charge in [0.05, 0.1) is 17.4 Å². The molecule has 0 unspecified atom stereocenters. The summed E-state index contributed by atoms with van der Waals surface area (Å²) >= 11 is 0. The minimum atomic E-state index is -4.12. The summed E-state index contributed by atoms with van der Waals surface area (Å²) in [5.41, 5.74) is -1.78.